The monoisotopic (exact) mass is 436 g/mol. The maximum absolute atomic E-state index is 14.2. The predicted octanol–water partition coefficient (Wildman–Crippen LogP) is 5.88. The van der Waals surface area contributed by atoms with Gasteiger partial charge in [0.25, 0.3) is 0 Å². The molecule has 2 heterocycles. The summed E-state index contributed by atoms with van der Waals surface area (Å²) in [6.45, 7) is 5.16. The van der Waals surface area contributed by atoms with Gasteiger partial charge in [-0.25, -0.2) is 14.4 Å². The molecule has 0 spiro atoms. The van der Waals surface area contributed by atoms with E-state index in [2.05, 4.69) is 20.3 Å². The van der Waals surface area contributed by atoms with Gasteiger partial charge in [0.1, 0.15) is 11.4 Å². The molecule has 2 N–H and O–H groups in total. The smallest absolute Gasteiger partial charge is 0.159 e. The van der Waals surface area contributed by atoms with Crippen LogP contribution in [-0.2, 0) is 5.60 Å². The van der Waals surface area contributed by atoms with Gasteiger partial charge in [0.05, 0.1) is 22.3 Å². The Hall–Kier alpha value is -3.09. The summed E-state index contributed by atoms with van der Waals surface area (Å²) in [5.41, 5.74) is 2.54. The van der Waals surface area contributed by atoms with E-state index in [1.807, 2.05) is 25.1 Å². The van der Waals surface area contributed by atoms with Crippen LogP contribution in [0.1, 0.15) is 38.2 Å². The van der Waals surface area contributed by atoms with Crippen LogP contribution in [0.3, 0.4) is 0 Å². The van der Waals surface area contributed by atoms with Crippen LogP contribution in [0.25, 0.3) is 22.0 Å². The quantitative estimate of drug-likeness (QED) is 0.408. The van der Waals surface area contributed by atoms with Crippen molar-refractivity contribution in [3.63, 3.8) is 0 Å². The Morgan fingerprint density at radius 2 is 1.71 bits per heavy atom. The number of aliphatic hydroxyl groups is 1. The predicted molar refractivity (Wildman–Crippen MR) is 121 cm³/mol. The van der Waals surface area contributed by atoms with E-state index in [4.69, 9.17) is 11.6 Å². The van der Waals surface area contributed by atoms with Gasteiger partial charge in [0.2, 0.25) is 0 Å². The van der Waals surface area contributed by atoms with Gasteiger partial charge in [0.15, 0.2) is 5.82 Å². The van der Waals surface area contributed by atoms with E-state index in [-0.39, 0.29) is 11.9 Å². The number of benzene rings is 2. The van der Waals surface area contributed by atoms with E-state index in [0.29, 0.717) is 22.1 Å². The third-order valence-electron chi connectivity index (χ3n) is 5.09. The van der Waals surface area contributed by atoms with Crippen LogP contribution in [0.2, 0.25) is 5.02 Å². The summed E-state index contributed by atoms with van der Waals surface area (Å²) in [5, 5.41) is 14.7. The average molecular weight is 437 g/mol. The molecule has 0 bridgehead atoms. The molecule has 4 aromatic rings. The molecule has 0 radical (unpaired) electrons. The van der Waals surface area contributed by atoms with Crippen molar-refractivity contribution >= 4 is 28.2 Å². The van der Waals surface area contributed by atoms with Crippen LogP contribution < -0.4 is 5.32 Å². The van der Waals surface area contributed by atoms with E-state index in [1.54, 1.807) is 50.6 Å². The lowest BCUT2D eigenvalue weighted by Crippen LogP contribution is -2.19. The normalized spacial score (nSPS) is 12.7. The van der Waals surface area contributed by atoms with Crippen LogP contribution in [0.15, 0.2) is 61.1 Å². The van der Waals surface area contributed by atoms with Crippen molar-refractivity contribution in [2.45, 2.75) is 32.4 Å². The summed E-state index contributed by atoms with van der Waals surface area (Å²) in [6, 6.07) is 12.1. The minimum atomic E-state index is -1.11. The van der Waals surface area contributed by atoms with E-state index in [0.717, 1.165) is 22.0 Å². The molecule has 0 unspecified atom stereocenters. The number of anilines is 1. The van der Waals surface area contributed by atoms with Crippen molar-refractivity contribution in [3.8, 4) is 11.1 Å². The summed E-state index contributed by atoms with van der Waals surface area (Å²) in [4.78, 5) is 13.0. The lowest BCUT2D eigenvalue weighted by Gasteiger charge is -2.19. The molecule has 1 atom stereocenters. The van der Waals surface area contributed by atoms with Crippen molar-refractivity contribution in [1.29, 1.82) is 0 Å². The Kier molecular flexibility index (Phi) is 5.60. The van der Waals surface area contributed by atoms with Gasteiger partial charge in [0, 0.05) is 35.1 Å². The summed E-state index contributed by atoms with van der Waals surface area (Å²) < 4.78 is 14.2. The molecule has 4 rings (SSSR count). The summed E-state index contributed by atoms with van der Waals surface area (Å²) in [7, 11) is 0. The Morgan fingerprint density at radius 3 is 2.39 bits per heavy atom. The number of hydrogen-bond acceptors (Lipinski definition) is 5. The van der Waals surface area contributed by atoms with Gasteiger partial charge in [-0.3, -0.25) is 4.98 Å². The largest absolute Gasteiger partial charge is 0.382 e. The fourth-order valence-corrected chi connectivity index (χ4v) is 3.61. The van der Waals surface area contributed by atoms with Gasteiger partial charge in [-0.2, -0.15) is 0 Å². The SMILES string of the molecule is C[C@@H](Nc1c(Cl)cnc2ccc(-c3cnc(C(C)(C)O)nc3)cc12)c1ccccc1F. The van der Waals surface area contributed by atoms with Crippen molar-refractivity contribution < 1.29 is 9.50 Å². The highest BCUT2D eigenvalue weighted by atomic mass is 35.5. The minimum absolute atomic E-state index is 0.276. The zero-order chi connectivity index (χ0) is 22.2. The Labute approximate surface area is 185 Å². The first-order chi connectivity index (χ1) is 14.7. The molecule has 0 amide bonds. The molecule has 2 aromatic carbocycles. The maximum atomic E-state index is 14.2. The zero-order valence-corrected chi connectivity index (χ0v) is 18.2. The van der Waals surface area contributed by atoms with Crippen molar-refractivity contribution in [2.24, 2.45) is 0 Å². The van der Waals surface area contributed by atoms with Crippen LogP contribution >= 0.6 is 11.6 Å². The molecular formula is C24H22ClFN4O. The number of fused-ring (bicyclic) bond motifs is 1. The standard InChI is InChI=1S/C24H22ClFN4O/c1-14(17-6-4-5-7-20(17)26)30-22-18-10-15(8-9-21(18)27-13-19(22)25)16-11-28-23(29-12-16)24(2,3)31/h4-14,31H,1-3H3,(H,27,30)/t14-/m1/s1. The number of nitrogens with one attached hydrogen (secondary N) is 1. The molecule has 0 aliphatic carbocycles. The first-order valence-electron chi connectivity index (χ1n) is 9.88. The van der Waals surface area contributed by atoms with Crippen LogP contribution in [0.5, 0.6) is 0 Å². The number of nitrogens with zero attached hydrogens (tertiary/aromatic N) is 3. The second-order valence-corrected chi connectivity index (χ2v) is 8.36. The molecule has 5 nitrogen and oxygen atoms in total. The number of aromatic nitrogens is 3. The molecule has 2 aromatic heterocycles. The summed E-state index contributed by atoms with van der Waals surface area (Å²) >= 11 is 6.47. The Morgan fingerprint density at radius 1 is 1.00 bits per heavy atom. The van der Waals surface area contributed by atoms with Gasteiger partial charge in [-0.05, 0) is 44.5 Å². The molecule has 0 aliphatic heterocycles. The highest BCUT2D eigenvalue weighted by Gasteiger charge is 2.19. The second-order valence-electron chi connectivity index (χ2n) is 7.95. The zero-order valence-electron chi connectivity index (χ0n) is 17.4. The van der Waals surface area contributed by atoms with E-state index < -0.39 is 5.60 Å². The number of pyridine rings is 1. The van der Waals surface area contributed by atoms with Crippen molar-refractivity contribution in [1.82, 2.24) is 15.0 Å². The van der Waals surface area contributed by atoms with Crippen LogP contribution in [-0.4, -0.2) is 20.1 Å². The summed E-state index contributed by atoms with van der Waals surface area (Å²) in [5.74, 6) is 0.0736. The summed E-state index contributed by atoms with van der Waals surface area (Å²) in [6.07, 6.45) is 4.93. The Bertz CT molecular complexity index is 1240. The maximum Gasteiger partial charge on any atom is 0.159 e. The fraction of sp³-hybridized carbons (Fsp3) is 0.208. The van der Waals surface area contributed by atoms with Crippen LogP contribution in [0, 0.1) is 5.82 Å². The van der Waals surface area contributed by atoms with E-state index in [9.17, 15) is 9.50 Å². The van der Waals surface area contributed by atoms with Crippen molar-refractivity contribution in [3.05, 3.63) is 83.3 Å². The number of rotatable bonds is 5. The number of hydrogen-bond donors (Lipinski definition) is 2. The van der Waals surface area contributed by atoms with Gasteiger partial charge < -0.3 is 10.4 Å². The fourth-order valence-electron chi connectivity index (χ4n) is 3.41. The molecule has 31 heavy (non-hydrogen) atoms. The minimum Gasteiger partial charge on any atom is -0.382 e. The third kappa shape index (κ3) is 4.36. The van der Waals surface area contributed by atoms with E-state index in [1.165, 1.54) is 6.07 Å². The highest BCUT2D eigenvalue weighted by Crippen LogP contribution is 2.35. The van der Waals surface area contributed by atoms with Crippen molar-refractivity contribution in [2.75, 3.05) is 5.32 Å². The lowest BCUT2D eigenvalue weighted by atomic mass is 10.0. The third-order valence-corrected chi connectivity index (χ3v) is 5.37. The first kappa shape index (κ1) is 21.2. The second kappa shape index (κ2) is 8.21. The molecular weight excluding hydrogens is 415 g/mol. The highest BCUT2D eigenvalue weighted by molar-refractivity contribution is 6.34. The lowest BCUT2D eigenvalue weighted by molar-refractivity contribution is 0.0687. The van der Waals surface area contributed by atoms with E-state index >= 15 is 0 Å². The molecule has 158 valence electrons. The molecule has 7 heteroatoms. The molecule has 0 aliphatic rings. The number of halogens is 2. The molecule has 0 fully saturated rings. The average Bonchev–Trinajstić information content (AvgIpc) is 2.75. The van der Waals surface area contributed by atoms with Gasteiger partial charge >= 0.3 is 0 Å². The first-order valence-corrected chi connectivity index (χ1v) is 10.3. The topological polar surface area (TPSA) is 70.9 Å². The van der Waals surface area contributed by atoms with Gasteiger partial charge in [-0.1, -0.05) is 35.9 Å². The van der Waals surface area contributed by atoms with Crippen LogP contribution in [0.4, 0.5) is 10.1 Å². The van der Waals surface area contributed by atoms with Gasteiger partial charge in [-0.15, -0.1) is 0 Å². The molecule has 0 saturated heterocycles. The Balaban J connectivity index is 1.74. The molecule has 0 saturated carbocycles.